The summed E-state index contributed by atoms with van der Waals surface area (Å²) in [6.45, 7) is 11.0. The molecule has 6 heteroatoms. The number of pyridine rings is 1. The quantitative estimate of drug-likeness (QED) is 0.167. The third-order valence-electron chi connectivity index (χ3n) is 6.00. The van der Waals surface area contributed by atoms with E-state index in [0.29, 0.717) is 5.82 Å². The molecule has 1 aromatic heterocycles. The van der Waals surface area contributed by atoms with Crippen molar-refractivity contribution in [1.82, 2.24) is 10.3 Å². The monoisotopic (exact) mass is 525 g/mol. The van der Waals surface area contributed by atoms with Crippen LogP contribution in [0.2, 0.25) is 0 Å². The van der Waals surface area contributed by atoms with Crippen LogP contribution in [0.4, 0.5) is 10.2 Å². The number of nitrogens with zero attached hydrogens (tertiary/aromatic N) is 1. The molecular formula is C31H44FN3OS. The van der Waals surface area contributed by atoms with Gasteiger partial charge in [-0.25, -0.2) is 9.37 Å². The molecule has 0 saturated heterocycles. The van der Waals surface area contributed by atoms with Crippen molar-refractivity contribution in [2.75, 3.05) is 16.8 Å². The molecule has 2 heterocycles. The standard InChI is InChI=1S/C31H44FN3OS/c1-24(2)9-6-10-25(3)11-7-12-26(4)13-8-14-27(5)16-20-37-23-30(29-22-36-19-18-33-29)35-31-21-28(32)15-17-34-31/h9,11,13,15-19,21-22,30,33H,6-8,10,12,14,20,23H2,1-5H3,(H,34,35)/b25-11+,26-13+,27-16+. The summed E-state index contributed by atoms with van der Waals surface area (Å²) in [6, 6.07) is 2.67. The number of rotatable bonds is 16. The van der Waals surface area contributed by atoms with Crippen molar-refractivity contribution >= 4 is 17.6 Å². The van der Waals surface area contributed by atoms with Crippen LogP contribution in [-0.2, 0) is 4.74 Å². The highest BCUT2D eigenvalue weighted by Crippen LogP contribution is 2.18. The first-order chi connectivity index (χ1) is 17.8. The first kappa shape index (κ1) is 30.5. The first-order valence-electron chi connectivity index (χ1n) is 13.2. The fourth-order valence-corrected chi connectivity index (χ4v) is 4.78. The Morgan fingerprint density at radius 3 is 2.24 bits per heavy atom. The summed E-state index contributed by atoms with van der Waals surface area (Å²) in [5.41, 5.74) is 6.66. The zero-order chi connectivity index (χ0) is 26.9. The van der Waals surface area contributed by atoms with Crippen LogP contribution in [-0.4, -0.2) is 22.5 Å². The molecule has 1 unspecified atom stereocenters. The molecule has 0 bridgehead atoms. The Bertz CT molecular complexity index is 1020. The van der Waals surface area contributed by atoms with Crippen molar-refractivity contribution in [1.29, 1.82) is 0 Å². The van der Waals surface area contributed by atoms with Crippen molar-refractivity contribution in [3.05, 3.63) is 95.2 Å². The molecule has 0 fully saturated rings. The lowest BCUT2D eigenvalue weighted by Gasteiger charge is -2.23. The molecule has 1 aromatic rings. The van der Waals surface area contributed by atoms with E-state index in [1.165, 1.54) is 40.6 Å². The van der Waals surface area contributed by atoms with E-state index >= 15 is 0 Å². The van der Waals surface area contributed by atoms with Crippen molar-refractivity contribution in [3.8, 4) is 0 Å². The SMILES string of the molecule is CC(C)=CCC/C(C)=C/CC/C(C)=C/CC/C(C)=C/CSCC(Nc1cc(F)ccn1)C1=COC=CN1. The minimum atomic E-state index is -0.310. The molecule has 37 heavy (non-hydrogen) atoms. The molecule has 2 N–H and O–H groups in total. The molecule has 2 rings (SSSR count). The molecule has 1 atom stereocenters. The lowest BCUT2D eigenvalue weighted by Crippen LogP contribution is -2.32. The highest BCUT2D eigenvalue weighted by molar-refractivity contribution is 7.99. The summed E-state index contributed by atoms with van der Waals surface area (Å²) in [5.74, 6) is 1.91. The molecule has 0 amide bonds. The van der Waals surface area contributed by atoms with Gasteiger partial charge in [-0.1, -0.05) is 46.6 Å². The van der Waals surface area contributed by atoms with E-state index in [1.54, 1.807) is 18.7 Å². The number of hydrogen-bond donors (Lipinski definition) is 2. The van der Waals surface area contributed by atoms with Gasteiger partial charge in [-0.15, -0.1) is 0 Å². The number of ether oxygens (including phenoxy) is 1. The average molecular weight is 526 g/mol. The molecule has 0 aromatic carbocycles. The van der Waals surface area contributed by atoms with Crippen molar-refractivity contribution in [3.63, 3.8) is 0 Å². The molecule has 1 aliphatic heterocycles. The Morgan fingerprint density at radius 2 is 1.65 bits per heavy atom. The van der Waals surface area contributed by atoms with Gasteiger partial charge in [-0.2, -0.15) is 11.8 Å². The molecule has 0 saturated carbocycles. The molecule has 1 aliphatic rings. The summed E-state index contributed by atoms with van der Waals surface area (Å²) < 4.78 is 18.9. The maximum Gasteiger partial charge on any atom is 0.129 e. The Morgan fingerprint density at radius 1 is 1.00 bits per heavy atom. The van der Waals surface area contributed by atoms with Crippen LogP contribution in [0.15, 0.2) is 89.3 Å². The molecule has 0 spiro atoms. The number of halogens is 1. The highest BCUT2D eigenvalue weighted by Gasteiger charge is 2.16. The number of thioether (sulfide) groups is 1. The van der Waals surface area contributed by atoms with Crippen LogP contribution in [0, 0.1) is 5.82 Å². The second-order valence-corrected chi connectivity index (χ2v) is 10.9. The second-order valence-electron chi connectivity index (χ2n) is 9.80. The van der Waals surface area contributed by atoms with E-state index < -0.39 is 0 Å². The van der Waals surface area contributed by atoms with Crippen LogP contribution >= 0.6 is 11.8 Å². The Kier molecular flexibility index (Phi) is 14.6. The Labute approximate surface area is 227 Å². The zero-order valence-electron chi connectivity index (χ0n) is 23.1. The second kappa shape index (κ2) is 17.7. The third kappa shape index (κ3) is 14.0. The van der Waals surface area contributed by atoms with E-state index in [0.717, 1.165) is 55.7 Å². The fourth-order valence-electron chi connectivity index (χ4n) is 3.74. The Balaban J connectivity index is 1.72. The molecule has 4 nitrogen and oxygen atoms in total. The summed E-state index contributed by atoms with van der Waals surface area (Å²) in [4.78, 5) is 4.23. The molecule has 0 aliphatic carbocycles. The van der Waals surface area contributed by atoms with Crippen LogP contribution in [0.1, 0.15) is 73.1 Å². The van der Waals surface area contributed by atoms with Gasteiger partial charge < -0.3 is 15.4 Å². The summed E-state index contributed by atoms with van der Waals surface area (Å²) >= 11 is 1.82. The minimum absolute atomic E-state index is 0.0755. The first-order valence-corrected chi connectivity index (χ1v) is 14.3. The Hall–Kier alpha value is -2.73. The predicted octanol–water partition coefficient (Wildman–Crippen LogP) is 8.81. The summed E-state index contributed by atoms with van der Waals surface area (Å²) in [5, 5.41) is 6.52. The van der Waals surface area contributed by atoms with Gasteiger partial charge in [0.15, 0.2) is 0 Å². The van der Waals surface area contributed by atoms with E-state index in [1.807, 2.05) is 11.8 Å². The van der Waals surface area contributed by atoms with Gasteiger partial charge in [-0.3, -0.25) is 0 Å². The summed E-state index contributed by atoms with van der Waals surface area (Å²) in [6.07, 6.45) is 22.6. The lowest BCUT2D eigenvalue weighted by atomic mass is 10.0. The van der Waals surface area contributed by atoms with Gasteiger partial charge in [0.05, 0.1) is 11.7 Å². The zero-order valence-corrected chi connectivity index (χ0v) is 24.0. The topological polar surface area (TPSA) is 46.2 Å². The van der Waals surface area contributed by atoms with Crippen molar-refractivity contribution in [2.24, 2.45) is 0 Å². The van der Waals surface area contributed by atoms with Crippen LogP contribution in [0.25, 0.3) is 0 Å². The van der Waals surface area contributed by atoms with Crippen LogP contribution in [0.3, 0.4) is 0 Å². The van der Waals surface area contributed by atoms with Gasteiger partial charge in [0.25, 0.3) is 0 Å². The number of aromatic nitrogens is 1. The smallest absolute Gasteiger partial charge is 0.129 e. The lowest BCUT2D eigenvalue weighted by molar-refractivity contribution is 0.379. The van der Waals surface area contributed by atoms with Gasteiger partial charge in [0.2, 0.25) is 0 Å². The number of anilines is 1. The van der Waals surface area contributed by atoms with E-state index in [9.17, 15) is 4.39 Å². The number of hydrogen-bond acceptors (Lipinski definition) is 5. The van der Waals surface area contributed by atoms with Gasteiger partial charge >= 0.3 is 0 Å². The van der Waals surface area contributed by atoms with Crippen molar-refractivity contribution in [2.45, 2.75) is 79.2 Å². The van der Waals surface area contributed by atoms with E-state index in [2.05, 4.69) is 74.5 Å². The fraction of sp³-hybridized carbons (Fsp3) is 0.452. The highest BCUT2D eigenvalue weighted by atomic mass is 32.2. The number of nitrogens with one attached hydrogen (secondary N) is 2. The largest absolute Gasteiger partial charge is 0.469 e. The van der Waals surface area contributed by atoms with Gasteiger partial charge in [0, 0.05) is 30.0 Å². The minimum Gasteiger partial charge on any atom is -0.469 e. The van der Waals surface area contributed by atoms with Crippen LogP contribution < -0.4 is 10.6 Å². The van der Waals surface area contributed by atoms with Crippen LogP contribution in [0.5, 0.6) is 0 Å². The molecule has 202 valence electrons. The van der Waals surface area contributed by atoms with E-state index in [4.69, 9.17) is 4.74 Å². The van der Waals surface area contributed by atoms with Crippen molar-refractivity contribution < 1.29 is 9.13 Å². The number of allylic oxidation sites excluding steroid dienone is 7. The van der Waals surface area contributed by atoms with Gasteiger partial charge in [-0.05, 0) is 79.2 Å². The maximum absolute atomic E-state index is 13.6. The normalized spacial score (nSPS) is 15.0. The molecular weight excluding hydrogens is 481 g/mol. The molecule has 0 radical (unpaired) electrons. The average Bonchev–Trinajstić information content (AvgIpc) is 2.86. The predicted molar refractivity (Wildman–Crippen MR) is 159 cm³/mol. The third-order valence-corrected chi connectivity index (χ3v) is 6.97. The maximum atomic E-state index is 13.6. The summed E-state index contributed by atoms with van der Waals surface area (Å²) in [7, 11) is 0. The van der Waals surface area contributed by atoms with Gasteiger partial charge in [0.1, 0.15) is 24.2 Å². The van der Waals surface area contributed by atoms with E-state index in [-0.39, 0.29) is 11.9 Å².